The maximum atomic E-state index is 5.47. The molecular weight excluding hydrogens is 198 g/mol. The molecular formula is C14H31NO. The molecule has 0 saturated heterocycles. The Kier molecular flexibility index (Phi) is 8.04. The van der Waals surface area contributed by atoms with Crippen LogP contribution in [-0.4, -0.2) is 25.3 Å². The van der Waals surface area contributed by atoms with Gasteiger partial charge in [0, 0.05) is 13.2 Å². The number of ether oxygens (including phenoxy) is 1. The van der Waals surface area contributed by atoms with Crippen LogP contribution in [0.3, 0.4) is 0 Å². The maximum Gasteiger partial charge on any atom is 0.0623 e. The van der Waals surface area contributed by atoms with E-state index in [1.165, 1.54) is 19.3 Å². The van der Waals surface area contributed by atoms with E-state index < -0.39 is 0 Å². The largest absolute Gasteiger partial charge is 0.379 e. The molecule has 0 saturated carbocycles. The zero-order valence-corrected chi connectivity index (χ0v) is 12.1. The molecule has 1 N–H and O–H groups in total. The van der Waals surface area contributed by atoms with Gasteiger partial charge in [0.2, 0.25) is 0 Å². The second kappa shape index (κ2) is 8.08. The van der Waals surface area contributed by atoms with E-state index in [1.807, 2.05) is 0 Å². The fourth-order valence-electron chi connectivity index (χ4n) is 1.84. The summed E-state index contributed by atoms with van der Waals surface area (Å²) >= 11 is 0. The van der Waals surface area contributed by atoms with Gasteiger partial charge in [0.15, 0.2) is 0 Å². The van der Waals surface area contributed by atoms with Gasteiger partial charge in [-0.2, -0.15) is 0 Å². The zero-order valence-electron chi connectivity index (χ0n) is 12.1. The lowest BCUT2D eigenvalue weighted by atomic mass is 9.94. The molecule has 0 aromatic carbocycles. The molecule has 98 valence electrons. The Morgan fingerprint density at radius 2 is 1.88 bits per heavy atom. The summed E-state index contributed by atoms with van der Waals surface area (Å²) in [6, 6.07) is 0.648. The topological polar surface area (TPSA) is 21.3 Å². The molecule has 0 radical (unpaired) electrons. The summed E-state index contributed by atoms with van der Waals surface area (Å²) in [4.78, 5) is 0. The van der Waals surface area contributed by atoms with Crippen LogP contribution in [0.15, 0.2) is 0 Å². The molecule has 0 fully saturated rings. The van der Waals surface area contributed by atoms with Crippen LogP contribution in [0, 0.1) is 5.92 Å². The van der Waals surface area contributed by atoms with Crippen LogP contribution < -0.4 is 5.32 Å². The Morgan fingerprint density at radius 1 is 1.25 bits per heavy atom. The van der Waals surface area contributed by atoms with Crippen LogP contribution in [0.4, 0.5) is 0 Å². The van der Waals surface area contributed by atoms with Crippen LogP contribution in [0.25, 0.3) is 0 Å². The third-order valence-electron chi connectivity index (χ3n) is 3.09. The molecule has 0 spiro atoms. The van der Waals surface area contributed by atoms with Gasteiger partial charge in [-0.05, 0) is 52.0 Å². The van der Waals surface area contributed by atoms with E-state index in [2.05, 4.69) is 39.9 Å². The molecule has 0 aliphatic carbocycles. The van der Waals surface area contributed by atoms with Crippen LogP contribution in [0.5, 0.6) is 0 Å². The summed E-state index contributed by atoms with van der Waals surface area (Å²) in [5, 5.41) is 3.64. The summed E-state index contributed by atoms with van der Waals surface area (Å²) in [5.41, 5.74) is 0.0170. The maximum absolute atomic E-state index is 5.47. The first-order chi connectivity index (χ1) is 7.41. The zero-order chi connectivity index (χ0) is 12.6. The minimum absolute atomic E-state index is 0.0170. The first kappa shape index (κ1) is 15.9. The molecule has 1 atom stereocenters. The smallest absolute Gasteiger partial charge is 0.0623 e. The van der Waals surface area contributed by atoms with Gasteiger partial charge in [0.25, 0.3) is 0 Å². The lowest BCUT2D eigenvalue weighted by Crippen LogP contribution is -2.34. The summed E-state index contributed by atoms with van der Waals surface area (Å²) in [6.45, 7) is 12.3. The first-order valence-electron chi connectivity index (χ1n) is 6.69. The highest BCUT2D eigenvalue weighted by molar-refractivity contribution is 4.75. The SMILES string of the molecule is CCCNC(CCC(C)(C)OC)CC(C)C. The fourth-order valence-corrected chi connectivity index (χ4v) is 1.84. The van der Waals surface area contributed by atoms with Gasteiger partial charge in [-0.1, -0.05) is 20.8 Å². The average Bonchev–Trinajstić information content (AvgIpc) is 2.21. The molecule has 16 heavy (non-hydrogen) atoms. The Morgan fingerprint density at radius 3 is 2.31 bits per heavy atom. The highest BCUT2D eigenvalue weighted by atomic mass is 16.5. The Hall–Kier alpha value is -0.0800. The van der Waals surface area contributed by atoms with Crippen LogP contribution in [0.1, 0.15) is 60.3 Å². The minimum Gasteiger partial charge on any atom is -0.379 e. The normalized spacial score (nSPS) is 14.4. The predicted octanol–water partition coefficient (Wildman–Crippen LogP) is 3.61. The van der Waals surface area contributed by atoms with Crippen molar-refractivity contribution in [1.82, 2.24) is 5.32 Å². The van der Waals surface area contributed by atoms with Crippen molar-refractivity contribution in [2.45, 2.75) is 71.9 Å². The third-order valence-corrected chi connectivity index (χ3v) is 3.09. The quantitative estimate of drug-likeness (QED) is 0.652. The van der Waals surface area contributed by atoms with Crippen molar-refractivity contribution in [1.29, 1.82) is 0 Å². The highest BCUT2D eigenvalue weighted by Crippen LogP contribution is 2.19. The number of nitrogens with one attached hydrogen (secondary N) is 1. The van der Waals surface area contributed by atoms with Crippen LogP contribution >= 0.6 is 0 Å². The standard InChI is InChI=1S/C14H31NO/c1-7-10-15-13(11-12(2)3)8-9-14(4,5)16-6/h12-13,15H,7-11H2,1-6H3. The van der Waals surface area contributed by atoms with E-state index in [1.54, 1.807) is 7.11 Å². The molecule has 0 aliphatic rings. The second-order valence-electron chi connectivity index (χ2n) is 5.78. The molecule has 0 heterocycles. The number of rotatable bonds is 9. The number of hydrogen-bond donors (Lipinski definition) is 1. The molecule has 0 aromatic heterocycles. The summed E-state index contributed by atoms with van der Waals surface area (Å²) in [5.74, 6) is 0.764. The van der Waals surface area contributed by atoms with Crippen molar-refractivity contribution in [2.24, 2.45) is 5.92 Å². The second-order valence-corrected chi connectivity index (χ2v) is 5.78. The predicted molar refractivity (Wildman–Crippen MR) is 71.9 cm³/mol. The van der Waals surface area contributed by atoms with E-state index in [4.69, 9.17) is 4.74 Å². The van der Waals surface area contributed by atoms with Crippen LogP contribution in [-0.2, 0) is 4.74 Å². The van der Waals surface area contributed by atoms with Gasteiger partial charge >= 0.3 is 0 Å². The van der Waals surface area contributed by atoms with Gasteiger partial charge in [-0.3, -0.25) is 0 Å². The molecule has 0 aromatic rings. The van der Waals surface area contributed by atoms with Crippen molar-refractivity contribution < 1.29 is 4.74 Å². The van der Waals surface area contributed by atoms with Gasteiger partial charge < -0.3 is 10.1 Å². The van der Waals surface area contributed by atoms with E-state index in [9.17, 15) is 0 Å². The Labute approximate surface area is 102 Å². The van der Waals surface area contributed by atoms with E-state index >= 15 is 0 Å². The van der Waals surface area contributed by atoms with Gasteiger partial charge in [0.05, 0.1) is 5.60 Å². The van der Waals surface area contributed by atoms with Crippen molar-refractivity contribution in [3.8, 4) is 0 Å². The van der Waals surface area contributed by atoms with Gasteiger partial charge in [-0.15, -0.1) is 0 Å². The van der Waals surface area contributed by atoms with E-state index in [0.717, 1.165) is 18.9 Å². The minimum atomic E-state index is 0.0170. The molecule has 0 rings (SSSR count). The third kappa shape index (κ3) is 8.12. The van der Waals surface area contributed by atoms with Gasteiger partial charge in [0.1, 0.15) is 0 Å². The molecule has 2 heteroatoms. The van der Waals surface area contributed by atoms with Crippen molar-refractivity contribution in [3.05, 3.63) is 0 Å². The van der Waals surface area contributed by atoms with E-state index in [-0.39, 0.29) is 5.60 Å². The molecule has 0 bridgehead atoms. The lowest BCUT2D eigenvalue weighted by molar-refractivity contribution is 0.0112. The fraction of sp³-hybridized carbons (Fsp3) is 1.00. The molecule has 2 nitrogen and oxygen atoms in total. The van der Waals surface area contributed by atoms with Gasteiger partial charge in [-0.25, -0.2) is 0 Å². The lowest BCUT2D eigenvalue weighted by Gasteiger charge is -2.27. The monoisotopic (exact) mass is 229 g/mol. The van der Waals surface area contributed by atoms with E-state index in [0.29, 0.717) is 6.04 Å². The summed E-state index contributed by atoms with van der Waals surface area (Å²) in [6.07, 6.45) is 4.80. The molecule has 0 amide bonds. The first-order valence-corrected chi connectivity index (χ1v) is 6.69. The number of methoxy groups -OCH3 is 1. The summed E-state index contributed by atoms with van der Waals surface area (Å²) in [7, 11) is 1.80. The Bertz CT molecular complexity index is 166. The highest BCUT2D eigenvalue weighted by Gasteiger charge is 2.19. The molecule has 1 unspecified atom stereocenters. The number of hydrogen-bond acceptors (Lipinski definition) is 2. The molecule has 0 aliphatic heterocycles. The van der Waals surface area contributed by atoms with Crippen molar-refractivity contribution >= 4 is 0 Å². The summed E-state index contributed by atoms with van der Waals surface area (Å²) < 4.78 is 5.47. The van der Waals surface area contributed by atoms with Crippen LogP contribution in [0.2, 0.25) is 0 Å². The van der Waals surface area contributed by atoms with Crippen molar-refractivity contribution in [2.75, 3.05) is 13.7 Å². The van der Waals surface area contributed by atoms with Crippen molar-refractivity contribution in [3.63, 3.8) is 0 Å². The average molecular weight is 229 g/mol. The Balaban J connectivity index is 3.99.